The molecule has 1 aliphatic heterocycles. The van der Waals surface area contributed by atoms with E-state index in [0.29, 0.717) is 6.61 Å². The highest BCUT2D eigenvalue weighted by atomic mass is 32.2. The van der Waals surface area contributed by atoms with Gasteiger partial charge in [-0.3, -0.25) is 0 Å². The lowest BCUT2D eigenvalue weighted by Gasteiger charge is -2.25. The van der Waals surface area contributed by atoms with Crippen molar-refractivity contribution in [3.63, 3.8) is 0 Å². The first-order valence-corrected chi connectivity index (χ1v) is 7.68. The summed E-state index contributed by atoms with van der Waals surface area (Å²) in [5.41, 5.74) is 1.09. The second-order valence-electron chi connectivity index (χ2n) is 4.84. The smallest absolute Gasteiger partial charge is 0.133 e. The van der Waals surface area contributed by atoms with Gasteiger partial charge in [0.15, 0.2) is 0 Å². The summed E-state index contributed by atoms with van der Waals surface area (Å²) in [5.74, 6) is 5.15. The van der Waals surface area contributed by atoms with Gasteiger partial charge in [0, 0.05) is 16.4 Å². The predicted octanol–water partition coefficient (Wildman–Crippen LogP) is 3.84. The molecule has 114 valence electrons. The largest absolute Gasteiger partial charge is 0.493 e. The first kappa shape index (κ1) is 14.8. The van der Waals surface area contributed by atoms with Crippen molar-refractivity contribution in [2.24, 2.45) is 10.9 Å². The number of hydrogen-bond donors (Lipinski definition) is 1. The van der Waals surface area contributed by atoms with E-state index in [-0.39, 0.29) is 15.9 Å². The van der Waals surface area contributed by atoms with Gasteiger partial charge in [0.05, 0.1) is 6.61 Å². The lowest BCUT2D eigenvalue weighted by atomic mass is 10.1. The molecule has 1 aliphatic rings. The first-order chi connectivity index (χ1) is 10.7. The van der Waals surface area contributed by atoms with Crippen LogP contribution >= 0.6 is 11.8 Å². The summed E-state index contributed by atoms with van der Waals surface area (Å²) in [6, 6.07) is 10.9. The minimum Gasteiger partial charge on any atom is -0.493 e. The standard InChI is InChI=1S/C16H14F2N2OS/c17-10-5-6-13(18)12(9-10)16(20-19)22-15-7-8-21-14-4-2-1-3-11(14)15/h1-6,9,15H,7-8,19H2. The van der Waals surface area contributed by atoms with Crippen LogP contribution in [0.1, 0.15) is 22.8 Å². The maximum atomic E-state index is 13.9. The van der Waals surface area contributed by atoms with Gasteiger partial charge in [-0.2, -0.15) is 5.10 Å². The molecule has 2 N–H and O–H groups in total. The molecule has 1 unspecified atom stereocenters. The summed E-state index contributed by atoms with van der Waals surface area (Å²) >= 11 is 1.32. The third kappa shape index (κ3) is 2.92. The Hall–Kier alpha value is -2.08. The quantitative estimate of drug-likeness (QED) is 0.396. The number of para-hydroxylation sites is 1. The number of hydrazone groups is 1. The zero-order chi connectivity index (χ0) is 15.5. The Bertz CT molecular complexity index is 721. The van der Waals surface area contributed by atoms with E-state index >= 15 is 0 Å². The molecule has 3 rings (SSSR count). The number of nitrogens with two attached hydrogens (primary N) is 1. The van der Waals surface area contributed by atoms with Crippen molar-refractivity contribution < 1.29 is 13.5 Å². The Labute approximate surface area is 131 Å². The van der Waals surface area contributed by atoms with E-state index in [4.69, 9.17) is 10.6 Å². The Balaban J connectivity index is 1.90. The van der Waals surface area contributed by atoms with Gasteiger partial charge in [0.1, 0.15) is 22.4 Å². The summed E-state index contributed by atoms with van der Waals surface area (Å²) in [6.45, 7) is 0.568. The fraction of sp³-hybridized carbons (Fsp3) is 0.188. The lowest BCUT2D eigenvalue weighted by Crippen LogP contribution is -2.15. The van der Waals surface area contributed by atoms with Crippen LogP contribution in [0.15, 0.2) is 47.6 Å². The molecule has 0 bridgehead atoms. The molecule has 0 saturated carbocycles. The predicted molar refractivity (Wildman–Crippen MR) is 84.0 cm³/mol. The lowest BCUT2D eigenvalue weighted by molar-refractivity contribution is 0.286. The van der Waals surface area contributed by atoms with E-state index in [1.54, 1.807) is 0 Å². The van der Waals surface area contributed by atoms with Gasteiger partial charge in [-0.05, 0) is 30.7 Å². The van der Waals surface area contributed by atoms with Crippen LogP contribution in [0.3, 0.4) is 0 Å². The van der Waals surface area contributed by atoms with Crippen molar-refractivity contribution in [1.82, 2.24) is 0 Å². The summed E-state index contributed by atoms with van der Waals surface area (Å²) in [6.07, 6.45) is 0.748. The van der Waals surface area contributed by atoms with Gasteiger partial charge in [-0.15, -0.1) is 0 Å². The van der Waals surface area contributed by atoms with Crippen molar-refractivity contribution >= 4 is 16.8 Å². The molecule has 0 aliphatic carbocycles. The van der Waals surface area contributed by atoms with E-state index in [9.17, 15) is 8.78 Å². The van der Waals surface area contributed by atoms with Crippen molar-refractivity contribution in [3.8, 4) is 5.75 Å². The summed E-state index contributed by atoms with van der Waals surface area (Å²) < 4.78 is 32.9. The summed E-state index contributed by atoms with van der Waals surface area (Å²) in [5, 5.41) is 3.97. The minimum atomic E-state index is -0.543. The topological polar surface area (TPSA) is 47.6 Å². The van der Waals surface area contributed by atoms with E-state index in [1.165, 1.54) is 11.8 Å². The Morgan fingerprint density at radius 1 is 1.23 bits per heavy atom. The molecule has 22 heavy (non-hydrogen) atoms. The Kier molecular flexibility index (Phi) is 4.29. The minimum absolute atomic E-state index is 0.0370. The second kappa shape index (κ2) is 6.36. The zero-order valence-electron chi connectivity index (χ0n) is 11.6. The van der Waals surface area contributed by atoms with Crippen molar-refractivity contribution in [1.29, 1.82) is 0 Å². The van der Waals surface area contributed by atoms with Crippen LogP contribution < -0.4 is 10.6 Å². The van der Waals surface area contributed by atoms with Gasteiger partial charge in [0.2, 0.25) is 0 Å². The molecule has 0 spiro atoms. The third-order valence-electron chi connectivity index (χ3n) is 3.43. The van der Waals surface area contributed by atoms with Gasteiger partial charge in [-0.25, -0.2) is 8.78 Å². The second-order valence-corrected chi connectivity index (χ2v) is 6.03. The number of thioether (sulfide) groups is 1. The van der Waals surface area contributed by atoms with Crippen LogP contribution in [0.5, 0.6) is 5.75 Å². The van der Waals surface area contributed by atoms with Crippen molar-refractivity contribution in [2.45, 2.75) is 11.7 Å². The normalized spacial score (nSPS) is 17.7. The molecule has 1 heterocycles. The number of nitrogens with zero attached hydrogens (tertiary/aromatic N) is 1. The fourth-order valence-electron chi connectivity index (χ4n) is 2.39. The average Bonchev–Trinajstić information content (AvgIpc) is 2.55. The Morgan fingerprint density at radius 2 is 2.05 bits per heavy atom. The van der Waals surface area contributed by atoms with E-state index < -0.39 is 11.6 Å². The van der Waals surface area contributed by atoms with Crippen molar-refractivity contribution in [2.75, 3.05) is 6.61 Å². The molecule has 3 nitrogen and oxygen atoms in total. The van der Waals surface area contributed by atoms with Gasteiger partial charge in [0.25, 0.3) is 0 Å². The highest BCUT2D eigenvalue weighted by molar-refractivity contribution is 8.14. The number of hydrogen-bond acceptors (Lipinski definition) is 4. The van der Waals surface area contributed by atoms with Crippen molar-refractivity contribution in [3.05, 3.63) is 65.2 Å². The van der Waals surface area contributed by atoms with Crippen LogP contribution in [0, 0.1) is 11.6 Å². The van der Waals surface area contributed by atoms with E-state index in [1.807, 2.05) is 24.3 Å². The van der Waals surface area contributed by atoms with Crippen LogP contribution in [-0.2, 0) is 0 Å². The molecule has 1 atom stereocenters. The van der Waals surface area contributed by atoms with Gasteiger partial charge in [-0.1, -0.05) is 30.0 Å². The number of halogens is 2. The molecule has 0 saturated heterocycles. The number of benzene rings is 2. The van der Waals surface area contributed by atoms with Crippen LogP contribution in [0.4, 0.5) is 8.78 Å². The maximum absolute atomic E-state index is 13.9. The fourth-order valence-corrected chi connectivity index (χ4v) is 3.54. The first-order valence-electron chi connectivity index (χ1n) is 6.80. The van der Waals surface area contributed by atoms with E-state index in [0.717, 1.165) is 35.9 Å². The molecule has 2 aromatic carbocycles. The van der Waals surface area contributed by atoms with Gasteiger partial charge < -0.3 is 10.6 Å². The molecule has 0 radical (unpaired) electrons. The summed E-state index contributed by atoms with van der Waals surface area (Å²) in [7, 11) is 0. The highest BCUT2D eigenvalue weighted by Crippen LogP contribution is 2.42. The molecule has 0 amide bonds. The summed E-state index contributed by atoms with van der Waals surface area (Å²) in [4.78, 5) is 0. The molecular weight excluding hydrogens is 306 g/mol. The molecule has 0 fully saturated rings. The SMILES string of the molecule is NN=C(SC1CCOc2ccccc21)c1cc(F)ccc1F. The maximum Gasteiger partial charge on any atom is 0.133 e. The van der Waals surface area contributed by atoms with Crippen LogP contribution in [0.25, 0.3) is 0 Å². The van der Waals surface area contributed by atoms with E-state index in [2.05, 4.69) is 5.10 Å². The molecule has 0 aromatic heterocycles. The third-order valence-corrected chi connectivity index (χ3v) is 4.76. The molecule has 6 heteroatoms. The monoisotopic (exact) mass is 320 g/mol. The highest BCUT2D eigenvalue weighted by Gasteiger charge is 2.25. The molecular formula is C16H14F2N2OS. The van der Waals surface area contributed by atoms with Gasteiger partial charge >= 0.3 is 0 Å². The van der Waals surface area contributed by atoms with Crippen LogP contribution in [-0.4, -0.2) is 11.7 Å². The number of rotatable bonds is 2. The Morgan fingerprint density at radius 3 is 2.86 bits per heavy atom. The number of ether oxygens (including phenoxy) is 1. The van der Waals surface area contributed by atoms with Crippen LogP contribution in [0.2, 0.25) is 0 Å². The molecule has 2 aromatic rings. The number of fused-ring (bicyclic) bond motifs is 1. The zero-order valence-corrected chi connectivity index (χ0v) is 12.4. The average molecular weight is 320 g/mol.